The van der Waals surface area contributed by atoms with Gasteiger partial charge < -0.3 is 10.1 Å². The van der Waals surface area contributed by atoms with E-state index in [9.17, 15) is 22.8 Å². The normalized spacial score (nSPS) is 14.1. The molecule has 174 valence electrons. The molecule has 34 heavy (non-hydrogen) atoms. The number of pyridine rings is 1. The van der Waals surface area contributed by atoms with Crippen LogP contribution in [-0.4, -0.2) is 28.1 Å². The Kier molecular flexibility index (Phi) is 6.10. The van der Waals surface area contributed by atoms with E-state index < -0.39 is 23.9 Å². The number of hydrogen-bond acceptors (Lipinski definition) is 5. The fourth-order valence-electron chi connectivity index (χ4n) is 3.59. The average molecular weight is 467 g/mol. The highest BCUT2D eigenvalue weighted by atomic mass is 19.4. The average Bonchev–Trinajstić information content (AvgIpc) is 3.00. The molecule has 0 bridgehead atoms. The molecule has 0 spiro atoms. The van der Waals surface area contributed by atoms with Gasteiger partial charge in [0.25, 0.3) is 11.8 Å². The van der Waals surface area contributed by atoms with Gasteiger partial charge in [0.2, 0.25) is 0 Å². The number of halogens is 3. The number of imide groups is 1. The Labute approximate surface area is 193 Å². The maximum atomic E-state index is 13.4. The zero-order valence-corrected chi connectivity index (χ0v) is 18.3. The minimum atomic E-state index is -4.86. The predicted octanol–water partition coefficient (Wildman–Crippen LogP) is 4.99. The highest BCUT2D eigenvalue weighted by Crippen LogP contribution is 2.33. The molecule has 4 rings (SSSR count). The van der Waals surface area contributed by atoms with E-state index in [-0.39, 0.29) is 23.5 Å². The molecule has 2 amide bonds. The maximum Gasteiger partial charge on any atom is 0.573 e. The molecule has 6 nitrogen and oxygen atoms in total. The number of anilines is 1. The van der Waals surface area contributed by atoms with Crippen molar-refractivity contribution in [1.82, 2.24) is 9.88 Å². The van der Waals surface area contributed by atoms with Gasteiger partial charge in [-0.25, -0.2) is 0 Å². The topological polar surface area (TPSA) is 71.5 Å². The molecule has 1 aliphatic rings. The number of benzene rings is 2. The summed E-state index contributed by atoms with van der Waals surface area (Å²) >= 11 is 0. The van der Waals surface area contributed by atoms with E-state index in [2.05, 4.69) is 15.0 Å². The van der Waals surface area contributed by atoms with E-state index in [1.54, 1.807) is 36.7 Å². The molecule has 3 aromatic rings. The Morgan fingerprint density at radius 1 is 0.971 bits per heavy atom. The smallest absolute Gasteiger partial charge is 0.406 e. The van der Waals surface area contributed by atoms with Crippen LogP contribution in [0.15, 0.2) is 72.7 Å². The molecule has 0 radical (unpaired) electrons. The van der Waals surface area contributed by atoms with Crippen LogP contribution in [0.5, 0.6) is 5.75 Å². The first kappa shape index (κ1) is 23.0. The molecule has 2 heterocycles. The van der Waals surface area contributed by atoms with Crippen molar-refractivity contribution >= 4 is 23.1 Å². The first-order valence-corrected chi connectivity index (χ1v) is 10.3. The number of alkyl halides is 3. The summed E-state index contributed by atoms with van der Waals surface area (Å²) in [5, 5.41) is 2.85. The summed E-state index contributed by atoms with van der Waals surface area (Å²) in [4.78, 5) is 31.8. The Bertz CT molecular complexity index is 1290. The van der Waals surface area contributed by atoms with Crippen LogP contribution in [-0.2, 0) is 16.1 Å². The van der Waals surface area contributed by atoms with Gasteiger partial charge in [-0.2, -0.15) is 0 Å². The Hall–Kier alpha value is -4.14. The largest absolute Gasteiger partial charge is 0.573 e. The monoisotopic (exact) mass is 467 g/mol. The van der Waals surface area contributed by atoms with Gasteiger partial charge in [0.1, 0.15) is 11.4 Å². The van der Waals surface area contributed by atoms with Crippen molar-refractivity contribution in [2.75, 3.05) is 5.32 Å². The minimum Gasteiger partial charge on any atom is -0.406 e. The molecule has 1 N–H and O–H groups in total. The zero-order chi connectivity index (χ0) is 24.5. The van der Waals surface area contributed by atoms with Crippen molar-refractivity contribution < 1.29 is 27.5 Å². The van der Waals surface area contributed by atoms with Crippen LogP contribution in [0.2, 0.25) is 0 Å². The van der Waals surface area contributed by atoms with Gasteiger partial charge in [-0.3, -0.25) is 19.5 Å². The number of nitrogens with zero attached hydrogens (tertiary/aromatic N) is 2. The molecular weight excluding hydrogens is 447 g/mol. The number of nitrogens with one attached hydrogen (secondary N) is 1. The van der Waals surface area contributed by atoms with Crippen molar-refractivity contribution in [3.8, 4) is 5.75 Å². The van der Waals surface area contributed by atoms with Crippen LogP contribution in [0, 0.1) is 13.8 Å². The standard InChI is InChI=1S/C25H20F3N3O3/c1-15-8-9-18(11-16(15)2)21-22(30-19-6-3-7-20(12-19)34-25(26,27)28)24(33)31(23(21)32)14-17-5-4-10-29-13-17/h3-13,30H,14H2,1-2H3. The molecule has 0 saturated carbocycles. The van der Waals surface area contributed by atoms with Crippen LogP contribution in [0.1, 0.15) is 22.3 Å². The summed E-state index contributed by atoms with van der Waals surface area (Å²) < 4.78 is 41.9. The van der Waals surface area contributed by atoms with Gasteiger partial charge in [0, 0.05) is 24.1 Å². The van der Waals surface area contributed by atoms with E-state index in [1.165, 1.54) is 12.1 Å². The number of amides is 2. The van der Waals surface area contributed by atoms with Crippen molar-refractivity contribution in [3.63, 3.8) is 0 Å². The third-order valence-corrected chi connectivity index (χ3v) is 5.36. The minimum absolute atomic E-state index is 0.00224. The third kappa shape index (κ3) is 4.93. The lowest BCUT2D eigenvalue weighted by Crippen LogP contribution is -2.32. The number of hydrogen-bond donors (Lipinski definition) is 1. The molecular formula is C25H20F3N3O3. The van der Waals surface area contributed by atoms with Crippen LogP contribution in [0.4, 0.5) is 18.9 Å². The number of rotatable bonds is 6. The van der Waals surface area contributed by atoms with Crippen molar-refractivity contribution in [2.24, 2.45) is 0 Å². The molecule has 9 heteroatoms. The van der Waals surface area contributed by atoms with E-state index in [4.69, 9.17) is 0 Å². The van der Waals surface area contributed by atoms with Crippen LogP contribution >= 0.6 is 0 Å². The van der Waals surface area contributed by atoms with Crippen LogP contribution in [0.25, 0.3) is 5.57 Å². The van der Waals surface area contributed by atoms with Gasteiger partial charge in [0.05, 0.1) is 12.1 Å². The number of ether oxygens (including phenoxy) is 1. The Morgan fingerprint density at radius 3 is 2.44 bits per heavy atom. The summed E-state index contributed by atoms with van der Waals surface area (Å²) in [5.41, 5.74) is 3.41. The van der Waals surface area contributed by atoms with Crippen LogP contribution in [0.3, 0.4) is 0 Å². The summed E-state index contributed by atoms with van der Waals surface area (Å²) in [6.45, 7) is 3.82. The summed E-state index contributed by atoms with van der Waals surface area (Å²) in [6.07, 6.45) is -1.72. The lowest BCUT2D eigenvalue weighted by atomic mass is 9.99. The molecule has 0 atom stereocenters. The lowest BCUT2D eigenvalue weighted by Gasteiger charge is -2.15. The summed E-state index contributed by atoms with van der Waals surface area (Å²) in [7, 11) is 0. The van der Waals surface area contributed by atoms with Crippen molar-refractivity contribution in [3.05, 3.63) is 94.9 Å². The molecule has 0 unspecified atom stereocenters. The van der Waals surface area contributed by atoms with E-state index in [0.29, 0.717) is 11.1 Å². The molecule has 2 aromatic carbocycles. The number of carbonyl (C=O) groups excluding carboxylic acids is 2. The molecule has 0 aliphatic carbocycles. The van der Waals surface area contributed by atoms with E-state index in [0.717, 1.165) is 28.2 Å². The Balaban J connectivity index is 1.74. The fraction of sp³-hybridized carbons (Fsp3) is 0.160. The SMILES string of the molecule is Cc1ccc(C2=C(Nc3cccc(OC(F)(F)F)c3)C(=O)N(Cc3cccnc3)C2=O)cc1C. The summed E-state index contributed by atoms with van der Waals surface area (Å²) in [6, 6.07) is 13.9. The molecule has 0 fully saturated rings. The van der Waals surface area contributed by atoms with Crippen LogP contribution < -0.4 is 10.1 Å². The molecule has 0 saturated heterocycles. The molecule has 1 aliphatic heterocycles. The quantitative estimate of drug-likeness (QED) is 0.518. The molecule has 1 aromatic heterocycles. The maximum absolute atomic E-state index is 13.4. The number of aryl methyl sites for hydroxylation is 2. The van der Waals surface area contributed by atoms with Gasteiger partial charge in [-0.1, -0.05) is 30.3 Å². The number of aromatic nitrogens is 1. The van der Waals surface area contributed by atoms with Crippen molar-refractivity contribution in [1.29, 1.82) is 0 Å². The zero-order valence-electron chi connectivity index (χ0n) is 18.3. The lowest BCUT2D eigenvalue weighted by molar-refractivity contribution is -0.274. The summed E-state index contributed by atoms with van der Waals surface area (Å²) in [5.74, 6) is -1.55. The second-order valence-electron chi connectivity index (χ2n) is 7.81. The predicted molar refractivity (Wildman–Crippen MR) is 119 cm³/mol. The highest BCUT2D eigenvalue weighted by molar-refractivity contribution is 6.36. The first-order chi connectivity index (χ1) is 16.1. The van der Waals surface area contributed by atoms with Gasteiger partial charge in [-0.05, 0) is 54.3 Å². The van der Waals surface area contributed by atoms with Gasteiger partial charge in [-0.15, -0.1) is 13.2 Å². The van der Waals surface area contributed by atoms with E-state index >= 15 is 0 Å². The number of carbonyl (C=O) groups is 2. The highest BCUT2D eigenvalue weighted by Gasteiger charge is 2.39. The Morgan fingerprint density at radius 2 is 1.76 bits per heavy atom. The second kappa shape index (κ2) is 9.01. The van der Waals surface area contributed by atoms with Gasteiger partial charge in [0.15, 0.2) is 0 Å². The van der Waals surface area contributed by atoms with Gasteiger partial charge >= 0.3 is 6.36 Å². The fourth-order valence-corrected chi connectivity index (χ4v) is 3.59. The third-order valence-electron chi connectivity index (χ3n) is 5.36. The second-order valence-corrected chi connectivity index (χ2v) is 7.81. The van der Waals surface area contributed by atoms with Crippen molar-refractivity contribution in [2.45, 2.75) is 26.8 Å². The first-order valence-electron chi connectivity index (χ1n) is 10.3. The van der Waals surface area contributed by atoms with E-state index in [1.807, 2.05) is 19.9 Å².